The molecular formula is C33H54N2O8. The highest BCUT2D eigenvalue weighted by Gasteiger charge is 2.56. The molecule has 2 N–H and O–H groups in total. The van der Waals surface area contributed by atoms with Crippen LogP contribution >= 0.6 is 0 Å². The van der Waals surface area contributed by atoms with Crippen LogP contribution in [0.1, 0.15) is 92.4 Å². The highest BCUT2D eigenvalue weighted by Crippen LogP contribution is 2.38. The number of piperidine rings is 1. The summed E-state index contributed by atoms with van der Waals surface area (Å²) in [5, 5.41) is 20.5. The summed E-state index contributed by atoms with van der Waals surface area (Å²) in [6.45, 7) is 10.3. The van der Waals surface area contributed by atoms with Gasteiger partial charge >= 0.3 is 5.97 Å². The third kappa shape index (κ3) is 8.53. The Hall–Kier alpha value is -2.14. The Morgan fingerprint density at radius 3 is 2.37 bits per heavy atom. The van der Waals surface area contributed by atoms with Crippen LogP contribution in [0, 0.1) is 29.1 Å². The van der Waals surface area contributed by atoms with Crippen molar-refractivity contribution in [1.82, 2.24) is 4.90 Å². The number of amides is 1. The standard InChI is InChI=1S/C33H54N2O8/c1-8-24-16-21(3)15-22(4)17-27(40-6)29-28(41-7)18-23(5)33(39,43-29)30(36)31(37)35-14-10-9-11-26(35)32(38)42-19-20(2)12-13-25(24)34/h16,20,22-24,26-29,34,39H,8-15,17-19H2,1-7H3/b21-16+,34-25?/t20-,22+,23-,24-,26+,27+,28+,29-,33-/m1/s1. The quantitative estimate of drug-likeness (QED) is 0.273. The fraction of sp³-hybridized carbons (Fsp3) is 0.818. The molecule has 0 radical (unpaired) electrons. The van der Waals surface area contributed by atoms with E-state index >= 15 is 0 Å². The summed E-state index contributed by atoms with van der Waals surface area (Å²) < 4.78 is 23.4. The van der Waals surface area contributed by atoms with Gasteiger partial charge in [0.1, 0.15) is 12.1 Å². The number of allylic oxidation sites excluding steroid dienone is 2. The molecule has 3 rings (SSSR count). The van der Waals surface area contributed by atoms with Crippen molar-refractivity contribution in [3.8, 4) is 0 Å². The molecule has 3 heterocycles. The van der Waals surface area contributed by atoms with Crippen LogP contribution in [0.3, 0.4) is 0 Å². The van der Waals surface area contributed by atoms with E-state index in [9.17, 15) is 19.5 Å². The first-order valence-corrected chi connectivity index (χ1v) is 16.1. The number of hydrogen-bond acceptors (Lipinski definition) is 9. The number of carbonyl (C=O) groups excluding carboxylic acids is 3. The Morgan fingerprint density at radius 2 is 1.72 bits per heavy atom. The monoisotopic (exact) mass is 606 g/mol. The maximum Gasteiger partial charge on any atom is 0.328 e. The highest BCUT2D eigenvalue weighted by atomic mass is 16.7. The second kappa shape index (κ2) is 15.7. The third-order valence-electron chi connectivity index (χ3n) is 9.56. The lowest BCUT2D eigenvalue weighted by molar-refractivity contribution is -0.302. The molecule has 1 amide bonds. The van der Waals surface area contributed by atoms with E-state index in [0.717, 1.165) is 19.3 Å². The average molecular weight is 607 g/mol. The van der Waals surface area contributed by atoms with Crippen LogP contribution in [0.4, 0.5) is 0 Å². The number of cyclic esters (lactones) is 1. The molecule has 3 aliphatic rings. The van der Waals surface area contributed by atoms with Gasteiger partial charge in [-0.15, -0.1) is 0 Å². The fourth-order valence-electron chi connectivity index (χ4n) is 6.83. The van der Waals surface area contributed by atoms with E-state index in [2.05, 4.69) is 26.8 Å². The molecule has 0 aromatic rings. The van der Waals surface area contributed by atoms with Gasteiger partial charge in [-0.2, -0.15) is 0 Å². The molecular weight excluding hydrogens is 552 g/mol. The third-order valence-corrected chi connectivity index (χ3v) is 9.56. The first kappa shape index (κ1) is 35.3. The fourth-order valence-corrected chi connectivity index (χ4v) is 6.83. The second-order valence-corrected chi connectivity index (χ2v) is 13.2. The summed E-state index contributed by atoms with van der Waals surface area (Å²) in [5.41, 5.74) is 1.85. The lowest BCUT2D eigenvalue weighted by atomic mass is 9.82. The first-order chi connectivity index (χ1) is 20.4. The highest BCUT2D eigenvalue weighted by molar-refractivity contribution is 6.39. The molecule has 0 aliphatic carbocycles. The molecule has 3 aliphatic heterocycles. The van der Waals surface area contributed by atoms with E-state index in [1.165, 1.54) is 10.5 Å². The van der Waals surface area contributed by atoms with Crippen molar-refractivity contribution in [1.29, 1.82) is 5.41 Å². The van der Waals surface area contributed by atoms with Gasteiger partial charge in [-0.25, -0.2) is 4.79 Å². The Labute approximate surface area is 257 Å². The van der Waals surface area contributed by atoms with E-state index in [4.69, 9.17) is 24.4 Å². The van der Waals surface area contributed by atoms with Crippen LogP contribution in [-0.4, -0.2) is 90.9 Å². The number of carbonyl (C=O) groups is 3. The molecule has 9 atom stereocenters. The van der Waals surface area contributed by atoms with Gasteiger partial charge in [0.05, 0.1) is 18.8 Å². The normalized spacial score (nSPS) is 39.3. The zero-order valence-electron chi connectivity index (χ0n) is 27.2. The maximum atomic E-state index is 13.8. The number of hydrogen-bond donors (Lipinski definition) is 2. The predicted molar refractivity (Wildman–Crippen MR) is 163 cm³/mol. The number of methoxy groups -OCH3 is 2. The summed E-state index contributed by atoms with van der Waals surface area (Å²) in [5.74, 6) is -5.44. The van der Waals surface area contributed by atoms with E-state index in [0.29, 0.717) is 37.8 Å². The number of Topliss-reactive ketones (excluding diaryl/α,β-unsaturated/α-hetero) is 1. The SMILES string of the molecule is CC[C@@H]1/C=C(\C)C[C@H](C)C[C@H](OC)[C@H]2O[C@@](O)(C(=O)C(=O)N3CCCC[C@H]3C(=O)OC[C@H](C)CCC1=N)[C@H](C)C[C@@H]2OC. The van der Waals surface area contributed by atoms with Gasteiger partial charge in [0.25, 0.3) is 11.7 Å². The van der Waals surface area contributed by atoms with Crippen molar-refractivity contribution in [3.63, 3.8) is 0 Å². The van der Waals surface area contributed by atoms with Crippen LogP contribution < -0.4 is 0 Å². The lowest BCUT2D eigenvalue weighted by Gasteiger charge is -2.47. The van der Waals surface area contributed by atoms with Gasteiger partial charge in [0.2, 0.25) is 5.79 Å². The van der Waals surface area contributed by atoms with Gasteiger partial charge < -0.3 is 34.4 Å². The number of nitrogens with one attached hydrogen (secondary N) is 1. The van der Waals surface area contributed by atoms with Gasteiger partial charge in [-0.1, -0.05) is 39.3 Å². The molecule has 0 aromatic heterocycles. The molecule has 2 saturated heterocycles. The van der Waals surface area contributed by atoms with Crippen LogP contribution in [-0.2, 0) is 33.3 Å². The Balaban J connectivity index is 1.97. The number of rotatable bonds is 3. The molecule has 10 nitrogen and oxygen atoms in total. The van der Waals surface area contributed by atoms with Gasteiger partial charge in [-0.3, -0.25) is 9.59 Å². The molecule has 10 heteroatoms. The second-order valence-electron chi connectivity index (χ2n) is 13.2. The molecule has 2 bridgehead atoms. The number of aliphatic hydroxyl groups is 1. The van der Waals surface area contributed by atoms with Crippen molar-refractivity contribution in [2.24, 2.45) is 23.7 Å². The molecule has 0 aromatic carbocycles. The molecule has 0 unspecified atom stereocenters. The number of ketones is 1. The summed E-state index contributed by atoms with van der Waals surface area (Å²) >= 11 is 0. The van der Waals surface area contributed by atoms with E-state index < -0.39 is 53.7 Å². The summed E-state index contributed by atoms with van der Waals surface area (Å²) in [6, 6.07) is -0.903. The molecule has 0 saturated carbocycles. The Morgan fingerprint density at radius 1 is 1.05 bits per heavy atom. The van der Waals surface area contributed by atoms with Crippen LogP contribution in [0.25, 0.3) is 0 Å². The van der Waals surface area contributed by atoms with Crippen LogP contribution in [0.2, 0.25) is 0 Å². The summed E-state index contributed by atoms with van der Waals surface area (Å²) in [4.78, 5) is 41.9. The topological polar surface area (TPSA) is 135 Å². The number of fused-ring (bicyclic) bond motifs is 3. The van der Waals surface area contributed by atoms with Gasteiger partial charge in [-0.05, 0) is 76.5 Å². The minimum absolute atomic E-state index is 0.0317. The van der Waals surface area contributed by atoms with E-state index in [1.54, 1.807) is 21.1 Å². The minimum atomic E-state index is -2.39. The van der Waals surface area contributed by atoms with Gasteiger partial charge in [0, 0.05) is 38.3 Å². The Kier molecular flexibility index (Phi) is 12.9. The van der Waals surface area contributed by atoms with E-state index in [1.807, 2.05) is 6.92 Å². The average Bonchev–Trinajstić information content (AvgIpc) is 2.99. The number of esters is 1. The zero-order valence-corrected chi connectivity index (χ0v) is 27.2. The number of nitrogens with zero attached hydrogens (tertiary/aromatic N) is 1. The summed E-state index contributed by atoms with van der Waals surface area (Å²) in [7, 11) is 3.13. The molecule has 0 spiro atoms. The van der Waals surface area contributed by atoms with Crippen molar-refractivity contribution < 1.29 is 38.4 Å². The van der Waals surface area contributed by atoms with Crippen LogP contribution in [0.15, 0.2) is 11.6 Å². The van der Waals surface area contributed by atoms with Gasteiger partial charge in [0.15, 0.2) is 0 Å². The smallest absolute Gasteiger partial charge is 0.328 e. The van der Waals surface area contributed by atoms with Crippen molar-refractivity contribution in [3.05, 3.63) is 11.6 Å². The maximum absolute atomic E-state index is 13.8. The molecule has 244 valence electrons. The largest absolute Gasteiger partial charge is 0.464 e. The predicted octanol–water partition coefficient (Wildman–Crippen LogP) is 4.46. The van der Waals surface area contributed by atoms with Crippen molar-refractivity contribution in [2.45, 2.75) is 123 Å². The number of ether oxygens (including phenoxy) is 4. The zero-order chi connectivity index (χ0) is 31.9. The lowest BCUT2D eigenvalue weighted by Crippen LogP contribution is -2.64. The molecule has 43 heavy (non-hydrogen) atoms. The summed E-state index contributed by atoms with van der Waals surface area (Å²) in [6.07, 6.45) is 5.95. The Bertz CT molecular complexity index is 1030. The first-order valence-electron chi connectivity index (χ1n) is 16.1. The van der Waals surface area contributed by atoms with Crippen LogP contribution in [0.5, 0.6) is 0 Å². The van der Waals surface area contributed by atoms with Crippen molar-refractivity contribution >= 4 is 23.4 Å². The van der Waals surface area contributed by atoms with E-state index in [-0.39, 0.29) is 37.3 Å². The van der Waals surface area contributed by atoms with Crippen molar-refractivity contribution in [2.75, 3.05) is 27.4 Å². The molecule has 2 fully saturated rings. The minimum Gasteiger partial charge on any atom is -0.464 e.